The molecule has 0 aliphatic carbocycles. The van der Waals surface area contributed by atoms with E-state index in [9.17, 15) is 0 Å². The van der Waals surface area contributed by atoms with Gasteiger partial charge in [-0.2, -0.15) is 0 Å². The first-order chi connectivity index (χ1) is 36.8. The summed E-state index contributed by atoms with van der Waals surface area (Å²) >= 11 is 0. The first-order valence-electron chi connectivity index (χ1n) is 28.7. The Balaban J connectivity index is 1.19. The van der Waals surface area contributed by atoms with Crippen molar-refractivity contribution in [2.24, 2.45) is 0 Å². The van der Waals surface area contributed by atoms with Crippen molar-refractivity contribution in [1.82, 2.24) is 9.55 Å². The Bertz CT molecular complexity index is 3710. The Morgan fingerprint density at radius 1 is 0.354 bits per heavy atom. The van der Waals surface area contributed by atoms with Gasteiger partial charge in [0, 0.05) is 51.3 Å². The maximum atomic E-state index is 7.25. The maximum absolute atomic E-state index is 7.25. The lowest BCUT2D eigenvalue weighted by Gasteiger charge is -2.37. The van der Waals surface area contributed by atoms with E-state index in [1.807, 2.05) is 6.20 Å². The summed E-state index contributed by atoms with van der Waals surface area (Å²) in [4.78, 5) is 10.2. The summed E-state index contributed by atoms with van der Waals surface area (Å²) in [7, 11) is 0. The Hall–Kier alpha value is -7.11. The van der Waals surface area contributed by atoms with Gasteiger partial charge >= 0.3 is 0 Å². The van der Waals surface area contributed by atoms with Crippen LogP contribution in [0.2, 0.25) is 0 Å². The fourth-order valence-electron chi connectivity index (χ4n) is 11.6. The molecule has 10 rings (SSSR count). The Morgan fingerprint density at radius 2 is 0.823 bits per heavy atom. The van der Waals surface area contributed by atoms with Crippen LogP contribution in [0.4, 0.5) is 22.7 Å². The molecule has 0 amide bonds. The van der Waals surface area contributed by atoms with Crippen molar-refractivity contribution in [3.05, 3.63) is 214 Å². The van der Waals surface area contributed by atoms with Crippen LogP contribution in [0.1, 0.15) is 182 Å². The van der Waals surface area contributed by atoms with Crippen molar-refractivity contribution >= 4 is 44.6 Å². The molecule has 0 radical (unpaired) electrons. The Morgan fingerprint density at radius 3 is 1.32 bits per heavy atom. The van der Waals surface area contributed by atoms with E-state index >= 15 is 0 Å². The van der Waals surface area contributed by atoms with E-state index in [4.69, 9.17) is 9.72 Å². The van der Waals surface area contributed by atoms with Gasteiger partial charge in [-0.15, -0.1) is 0 Å². The van der Waals surface area contributed by atoms with Crippen molar-refractivity contribution in [2.75, 3.05) is 16.5 Å². The van der Waals surface area contributed by atoms with E-state index < -0.39 is 0 Å². The van der Waals surface area contributed by atoms with Crippen LogP contribution < -0.4 is 14.5 Å². The summed E-state index contributed by atoms with van der Waals surface area (Å²) in [6, 6.07) is 59.4. The van der Waals surface area contributed by atoms with E-state index in [1.54, 1.807) is 0 Å². The smallest absolute Gasteiger partial charge is 0.137 e. The third-order valence-electron chi connectivity index (χ3n) is 17.0. The summed E-state index contributed by atoms with van der Waals surface area (Å²) in [5.41, 5.74) is 17.4. The molecule has 5 heteroatoms. The van der Waals surface area contributed by atoms with Gasteiger partial charge in [0.15, 0.2) is 0 Å². The molecule has 3 heterocycles. The number of nitrogens with zero attached hydrogens (tertiary/aromatic N) is 4. The van der Waals surface area contributed by atoms with Crippen LogP contribution in [-0.2, 0) is 37.9 Å². The summed E-state index contributed by atoms with van der Waals surface area (Å²) in [6.45, 7) is 44.8. The van der Waals surface area contributed by atoms with E-state index in [0.29, 0.717) is 6.67 Å². The van der Waals surface area contributed by atoms with Crippen molar-refractivity contribution in [2.45, 2.75) is 169 Å². The number of fused-ring (bicyclic) bond motifs is 4. The minimum atomic E-state index is -0.344. The largest absolute Gasteiger partial charge is 0.457 e. The van der Waals surface area contributed by atoms with Gasteiger partial charge in [0.2, 0.25) is 0 Å². The van der Waals surface area contributed by atoms with E-state index in [0.717, 1.165) is 34.0 Å². The molecule has 408 valence electrons. The van der Waals surface area contributed by atoms with Gasteiger partial charge in [-0.3, -0.25) is 4.57 Å². The lowest BCUT2D eigenvalue weighted by molar-refractivity contribution is 0.479. The van der Waals surface area contributed by atoms with Crippen LogP contribution in [-0.4, -0.2) is 16.2 Å². The van der Waals surface area contributed by atoms with Gasteiger partial charge < -0.3 is 14.5 Å². The highest BCUT2D eigenvalue weighted by atomic mass is 16.5. The number of ether oxygens (including phenoxy) is 1. The highest BCUT2D eigenvalue weighted by Crippen LogP contribution is 2.53. The summed E-state index contributed by atoms with van der Waals surface area (Å²) < 4.78 is 9.57. The third kappa shape index (κ3) is 10.5. The van der Waals surface area contributed by atoms with Crippen molar-refractivity contribution in [1.29, 1.82) is 0 Å². The number of pyridine rings is 1. The Kier molecular flexibility index (Phi) is 13.5. The molecule has 2 aromatic heterocycles. The minimum Gasteiger partial charge on any atom is -0.457 e. The fourth-order valence-corrected chi connectivity index (χ4v) is 11.6. The maximum Gasteiger partial charge on any atom is 0.137 e. The summed E-state index contributed by atoms with van der Waals surface area (Å²) in [6.07, 6.45) is 1.95. The molecular formula is C74H86N4O. The number of hydrogen-bond donors (Lipinski definition) is 0. The molecular weight excluding hydrogens is 961 g/mol. The predicted octanol–water partition coefficient (Wildman–Crippen LogP) is 20.4. The van der Waals surface area contributed by atoms with Crippen LogP contribution >= 0.6 is 0 Å². The van der Waals surface area contributed by atoms with Gasteiger partial charge in [0.25, 0.3) is 0 Å². The van der Waals surface area contributed by atoms with E-state index in [-0.39, 0.29) is 37.9 Å². The molecule has 0 unspecified atom stereocenters. The average Bonchev–Trinajstić information content (AvgIpc) is 4.10. The molecule has 1 aliphatic rings. The molecule has 5 nitrogen and oxygen atoms in total. The number of anilines is 4. The second-order valence-corrected chi connectivity index (χ2v) is 28.9. The normalized spacial score (nSPS) is 13.9. The molecule has 0 bridgehead atoms. The van der Waals surface area contributed by atoms with Crippen LogP contribution in [0, 0.1) is 0 Å². The van der Waals surface area contributed by atoms with Crippen molar-refractivity contribution < 1.29 is 4.74 Å². The van der Waals surface area contributed by atoms with Gasteiger partial charge in [-0.1, -0.05) is 204 Å². The molecule has 0 N–H and O–H groups in total. The average molecular weight is 1050 g/mol. The minimum absolute atomic E-state index is 0.00866. The summed E-state index contributed by atoms with van der Waals surface area (Å²) in [5, 5.41) is 2.38. The molecule has 0 saturated heterocycles. The molecule has 0 fully saturated rings. The molecule has 79 heavy (non-hydrogen) atoms. The number of hydrogen-bond acceptors (Lipinski definition) is 4. The molecule has 0 atom stereocenters. The van der Waals surface area contributed by atoms with Crippen LogP contribution in [0.3, 0.4) is 0 Å². The zero-order chi connectivity index (χ0) is 57.0. The zero-order valence-corrected chi connectivity index (χ0v) is 51.0. The molecule has 7 aromatic carbocycles. The van der Waals surface area contributed by atoms with Crippen molar-refractivity contribution in [3.63, 3.8) is 0 Å². The number of rotatable bonds is 9. The second kappa shape index (κ2) is 19.3. The highest BCUT2D eigenvalue weighted by molar-refractivity contribution is 6.10. The SMILES string of the molecule is CC(C)(C)c1cc(Oc2ccc3c4cc(C(C)(C)C)ccc4n(-c4cc(C(C)(C)C)ccn4)c3c2)cc(N2CN(c3cc(C(C)(C)C)cc(C(C)(C)C)c3)c3cc(C(C)(C)c4ccccc4)c(C(C)(C)c4ccccc4)cc32)c1. The van der Waals surface area contributed by atoms with Crippen LogP contribution in [0.5, 0.6) is 11.5 Å². The monoisotopic (exact) mass is 1050 g/mol. The van der Waals surface area contributed by atoms with E-state index in [2.05, 4.69) is 304 Å². The predicted molar refractivity (Wildman–Crippen MR) is 338 cm³/mol. The number of aromatic nitrogens is 2. The second-order valence-electron chi connectivity index (χ2n) is 28.9. The topological polar surface area (TPSA) is 33.5 Å². The molecule has 1 aliphatic heterocycles. The first-order valence-corrected chi connectivity index (χ1v) is 28.7. The third-order valence-corrected chi connectivity index (χ3v) is 17.0. The summed E-state index contributed by atoms with van der Waals surface area (Å²) in [5.74, 6) is 2.47. The van der Waals surface area contributed by atoms with Gasteiger partial charge in [0.05, 0.1) is 22.4 Å². The molecule has 9 aromatic rings. The lowest BCUT2D eigenvalue weighted by Crippen LogP contribution is -2.28. The van der Waals surface area contributed by atoms with E-state index in [1.165, 1.54) is 77.9 Å². The van der Waals surface area contributed by atoms with Gasteiger partial charge in [-0.05, 0) is 150 Å². The van der Waals surface area contributed by atoms with Crippen molar-refractivity contribution in [3.8, 4) is 17.3 Å². The quantitative estimate of drug-likeness (QED) is 0.144. The number of benzene rings is 7. The first kappa shape index (κ1) is 55.2. The van der Waals surface area contributed by atoms with Gasteiger partial charge in [0.1, 0.15) is 24.0 Å². The lowest BCUT2D eigenvalue weighted by atomic mass is 9.68. The van der Waals surface area contributed by atoms with Crippen LogP contribution in [0.25, 0.3) is 27.6 Å². The zero-order valence-electron chi connectivity index (χ0n) is 51.0. The van der Waals surface area contributed by atoms with Crippen LogP contribution in [0.15, 0.2) is 164 Å². The van der Waals surface area contributed by atoms with Gasteiger partial charge in [-0.25, -0.2) is 4.98 Å². The molecule has 0 saturated carbocycles. The Labute approximate surface area is 473 Å². The fraction of sp³-hybridized carbons (Fsp3) is 0.365. The molecule has 0 spiro atoms. The standard InChI is InChI=1S/C74H86N4O/c1-68(2,3)50-30-33-63-60(41-50)59-32-31-57(44-64(59)78(63)67-42-51(34-35-75-67)69(4,5)6)79-58-40-54(72(13,14)15)39-56(43-58)77-47-76(55-37-52(70(7,8)9)36-53(38-55)71(10,11)12)65-45-61(73(16,17)48-26-22-20-23-27-48)62(46-66(65)77)74(18,19)49-28-24-21-25-29-49/h20-46H,47H2,1-19H3. The highest BCUT2D eigenvalue weighted by Gasteiger charge is 2.39.